The van der Waals surface area contributed by atoms with Gasteiger partial charge in [0.1, 0.15) is 5.75 Å². The molecule has 0 aliphatic heterocycles. The summed E-state index contributed by atoms with van der Waals surface area (Å²) >= 11 is -2.28. The van der Waals surface area contributed by atoms with Crippen molar-refractivity contribution < 1.29 is 13.5 Å². The molecule has 1 aromatic rings. The molecule has 15 heavy (non-hydrogen) atoms. The van der Waals surface area contributed by atoms with Crippen LogP contribution in [0.2, 0.25) is 0 Å². The zero-order valence-corrected chi connectivity index (χ0v) is 9.60. The molecule has 0 amide bonds. The van der Waals surface area contributed by atoms with Crippen LogP contribution in [-0.4, -0.2) is 15.9 Å². The molecule has 1 rings (SSSR count). The van der Waals surface area contributed by atoms with E-state index in [9.17, 15) is 8.76 Å². The molecule has 1 aromatic carbocycles. The summed E-state index contributed by atoms with van der Waals surface area (Å²) in [6.45, 7) is 2.04. The van der Waals surface area contributed by atoms with Crippen molar-refractivity contribution in [2.75, 3.05) is 11.8 Å². The van der Waals surface area contributed by atoms with Crippen molar-refractivity contribution in [2.24, 2.45) is 0 Å². The number of hydrogen-bond acceptors (Lipinski definition) is 3. The molecule has 1 N–H and O–H groups in total. The molecular weight excluding hydrogens is 214 g/mol. The van der Waals surface area contributed by atoms with Gasteiger partial charge in [0, 0.05) is 17.0 Å². The first-order valence-electron chi connectivity index (χ1n) is 4.70. The van der Waals surface area contributed by atoms with E-state index < -0.39 is 11.3 Å². The van der Waals surface area contributed by atoms with Gasteiger partial charge in [-0.25, -0.2) is 0 Å². The Morgan fingerprint density at radius 3 is 2.80 bits per heavy atom. The van der Waals surface area contributed by atoms with Gasteiger partial charge in [-0.3, -0.25) is 4.21 Å². The quantitative estimate of drug-likeness (QED) is 0.782. The maximum absolute atomic E-state index is 10.5. The SMILES string of the molecule is CCCc1cc(OC)ccc1NS(=O)[O-]. The highest BCUT2D eigenvalue weighted by molar-refractivity contribution is 7.80. The number of benzene rings is 1. The molecular formula is C10H14NO3S-. The lowest BCUT2D eigenvalue weighted by atomic mass is 10.1. The minimum atomic E-state index is -2.28. The second-order valence-electron chi connectivity index (χ2n) is 3.11. The summed E-state index contributed by atoms with van der Waals surface area (Å²) in [5.41, 5.74) is 1.56. The number of hydrogen-bond donors (Lipinski definition) is 1. The van der Waals surface area contributed by atoms with Gasteiger partial charge in [-0.2, -0.15) is 0 Å². The Kier molecular flexibility index (Phi) is 4.58. The van der Waals surface area contributed by atoms with Crippen molar-refractivity contribution >= 4 is 17.0 Å². The average Bonchev–Trinajstić information content (AvgIpc) is 2.20. The summed E-state index contributed by atoms with van der Waals surface area (Å²) in [5, 5.41) is 0. The van der Waals surface area contributed by atoms with Gasteiger partial charge in [-0.1, -0.05) is 13.3 Å². The molecule has 0 aliphatic rings. The lowest BCUT2D eigenvalue weighted by molar-refractivity contribution is 0.414. The molecule has 0 aromatic heterocycles. The molecule has 0 fully saturated rings. The Labute approximate surface area is 92.1 Å². The van der Waals surface area contributed by atoms with E-state index >= 15 is 0 Å². The van der Waals surface area contributed by atoms with Gasteiger partial charge in [-0.05, 0) is 30.2 Å². The van der Waals surface area contributed by atoms with Crippen LogP contribution in [0.1, 0.15) is 18.9 Å². The fraction of sp³-hybridized carbons (Fsp3) is 0.400. The van der Waals surface area contributed by atoms with Gasteiger partial charge in [0.25, 0.3) is 0 Å². The second kappa shape index (κ2) is 5.72. The molecule has 5 heteroatoms. The predicted molar refractivity (Wildman–Crippen MR) is 59.5 cm³/mol. The predicted octanol–water partition coefficient (Wildman–Crippen LogP) is 1.85. The lowest BCUT2D eigenvalue weighted by Gasteiger charge is -2.14. The highest BCUT2D eigenvalue weighted by atomic mass is 32.2. The van der Waals surface area contributed by atoms with E-state index in [1.54, 1.807) is 19.2 Å². The summed E-state index contributed by atoms with van der Waals surface area (Å²) in [6.07, 6.45) is 1.77. The Bertz CT molecular complexity index is 355. The number of aryl methyl sites for hydroxylation is 1. The molecule has 0 heterocycles. The first-order valence-corrected chi connectivity index (χ1v) is 5.77. The van der Waals surface area contributed by atoms with Crippen LogP contribution in [-0.2, 0) is 17.7 Å². The van der Waals surface area contributed by atoms with Crippen LogP contribution in [0.3, 0.4) is 0 Å². The van der Waals surface area contributed by atoms with Crippen LogP contribution in [0.5, 0.6) is 5.75 Å². The summed E-state index contributed by atoms with van der Waals surface area (Å²) in [6, 6.07) is 5.28. The topological polar surface area (TPSA) is 61.4 Å². The molecule has 0 spiro atoms. The largest absolute Gasteiger partial charge is 0.755 e. The first kappa shape index (κ1) is 12.0. The Morgan fingerprint density at radius 1 is 1.53 bits per heavy atom. The van der Waals surface area contributed by atoms with Crippen molar-refractivity contribution in [3.8, 4) is 5.75 Å². The van der Waals surface area contributed by atoms with Gasteiger partial charge in [0.05, 0.1) is 7.11 Å². The summed E-state index contributed by atoms with van der Waals surface area (Å²) in [4.78, 5) is 0. The fourth-order valence-corrected chi connectivity index (χ4v) is 1.74. The zero-order chi connectivity index (χ0) is 11.3. The third-order valence-electron chi connectivity index (χ3n) is 2.03. The van der Waals surface area contributed by atoms with Crippen LogP contribution < -0.4 is 9.46 Å². The molecule has 4 nitrogen and oxygen atoms in total. The van der Waals surface area contributed by atoms with Crippen molar-refractivity contribution in [1.82, 2.24) is 0 Å². The van der Waals surface area contributed by atoms with Crippen LogP contribution >= 0.6 is 0 Å². The van der Waals surface area contributed by atoms with Crippen LogP contribution in [0.25, 0.3) is 0 Å². The molecule has 1 atom stereocenters. The lowest BCUT2D eigenvalue weighted by Crippen LogP contribution is -2.05. The van der Waals surface area contributed by atoms with Crippen LogP contribution in [0.15, 0.2) is 18.2 Å². The number of nitrogens with one attached hydrogen (secondary N) is 1. The Morgan fingerprint density at radius 2 is 2.27 bits per heavy atom. The van der Waals surface area contributed by atoms with Gasteiger partial charge in [0.2, 0.25) is 0 Å². The summed E-state index contributed by atoms with van der Waals surface area (Å²) < 4.78 is 28.5. The third-order valence-corrected chi connectivity index (χ3v) is 2.41. The molecule has 84 valence electrons. The van der Waals surface area contributed by atoms with Crippen molar-refractivity contribution in [1.29, 1.82) is 0 Å². The molecule has 1 unspecified atom stereocenters. The highest BCUT2D eigenvalue weighted by Gasteiger charge is 2.03. The fourth-order valence-electron chi connectivity index (χ4n) is 1.36. The van der Waals surface area contributed by atoms with Crippen LogP contribution in [0.4, 0.5) is 5.69 Å². The van der Waals surface area contributed by atoms with E-state index in [4.69, 9.17) is 4.74 Å². The van der Waals surface area contributed by atoms with E-state index in [1.807, 2.05) is 13.0 Å². The van der Waals surface area contributed by atoms with Gasteiger partial charge >= 0.3 is 0 Å². The smallest absolute Gasteiger partial charge is 0.119 e. The van der Waals surface area contributed by atoms with Gasteiger partial charge in [-0.15, -0.1) is 0 Å². The zero-order valence-electron chi connectivity index (χ0n) is 8.78. The number of anilines is 1. The summed E-state index contributed by atoms with van der Waals surface area (Å²) in [7, 11) is 1.59. The monoisotopic (exact) mass is 228 g/mol. The maximum Gasteiger partial charge on any atom is 0.119 e. The van der Waals surface area contributed by atoms with E-state index in [0.29, 0.717) is 5.69 Å². The molecule has 0 saturated carbocycles. The molecule has 0 radical (unpaired) electrons. The number of methoxy groups -OCH3 is 1. The normalized spacial score (nSPS) is 12.2. The van der Waals surface area contributed by atoms with Crippen molar-refractivity contribution in [2.45, 2.75) is 19.8 Å². The summed E-state index contributed by atoms with van der Waals surface area (Å²) in [5.74, 6) is 0.737. The van der Waals surface area contributed by atoms with Gasteiger partial charge in [0.15, 0.2) is 0 Å². The molecule has 0 saturated heterocycles. The third kappa shape index (κ3) is 3.53. The number of rotatable bonds is 5. The second-order valence-corrected chi connectivity index (χ2v) is 3.78. The van der Waals surface area contributed by atoms with Gasteiger partial charge < -0.3 is 14.0 Å². The first-order chi connectivity index (χ1) is 7.17. The Balaban J connectivity index is 2.97. The average molecular weight is 228 g/mol. The van der Waals surface area contributed by atoms with E-state index in [-0.39, 0.29) is 0 Å². The minimum absolute atomic E-state index is 0.617. The van der Waals surface area contributed by atoms with E-state index in [2.05, 4.69) is 4.72 Å². The maximum atomic E-state index is 10.5. The molecule has 0 aliphatic carbocycles. The van der Waals surface area contributed by atoms with E-state index in [0.717, 1.165) is 24.2 Å². The molecule has 0 bridgehead atoms. The highest BCUT2D eigenvalue weighted by Crippen LogP contribution is 2.23. The standard InChI is InChI=1S/C10H15NO3S/c1-3-4-8-7-9(14-2)5-6-10(8)11-15(12)13/h5-7,11H,3-4H2,1-2H3,(H,12,13)/p-1. The van der Waals surface area contributed by atoms with Crippen molar-refractivity contribution in [3.05, 3.63) is 23.8 Å². The van der Waals surface area contributed by atoms with E-state index in [1.165, 1.54) is 0 Å². The Hall–Kier alpha value is -1.07. The van der Waals surface area contributed by atoms with Crippen molar-refractivity contribution in [3.63, 3.8) is 0 Å². The number of ether oxygens (including phenoxy) is 1. The van der Waals surface area contributed by atoms with Crippen LogP contribution in [0, 0.1) is 0 Å². The minimum Gasteiger partial charge on any atom is -0.755 e.